The van der Waals surface area contributed by atoms with Gasteiger partial charge in [-0.2, -0.15) is 0 Å². The van der Waals surface area contributed by atoms with Crippen LogP contribution in [0.2, 0.25) is 0 Å². The minimum Gasteiger partial charge on any atom is -0.356 e. The number of nitrogens with zero attached hydrogens (tertiary/aromatic N) is 2. The molecular weight excluding hydrogens is 410 g/mol. The van der Waals surface area contributed by atoms with E-state index in [-0.39, 0.29) is 11.8 Å². The van der Waals surface area contributed by atoms with Crippen LogP contribution in [-0.4, -0.2) is 41.3 Å². The Hall–Kier alpha value is -3.47. The zero-order valence-corrected chi connectivity index (χ0v) is 19.4. The second-order valence-corrected chi connectivity index (χ2v) is 8.99. The zero-order chi connectivity index (χ0) is 23.3. The van der Waals surface area contributed by atoms with Crippen LogP contribution < -0.4 is 5.32 Å². The van der Waals surface area contributed by atoms with Crippen molar-refractivity contribution in [3.05, 3.63) is 89.7 Å². The van der Waals surface area contributed by atoms with Crippen LogP contribution in [0.25, 0.3) is 11.1 Å². The lowest BCUT2D eigenvalue weighted by molar-refractivity contribution is -0.132. The lowest BCUT2D eigenvalue weighted by Gasteiger charge is -2.28. The highest BCUT2D eigenvalue weighted by Gasteiger charge is 2.45. The Kier molecular flexibility index (Phi) is 6.87. The lowest BCUT2D eigenvalue weighted by atomic mass is 9.79. The number of hydrogen-bond acceptors (Lipinski definition) is 3. The van der Waals surface area contributed by atoms with Gasteiger partial charge in [-0.3, -0.25) is 14.6 Å². The van der Waals surface area contributed by atoms with Gasteiger partial charge in [-0.25, -0.2) is 0 Å². The molecule has 3 aromatic rings. The molecule has 2 aromatic carbocycles. The predicted octanol–water partition coefficient (Wildman–Crippen LogP) is 4.20. The molecule has 0 aliphatic carbocycles. The smallest absolute Gasteiger partial charge is 0.228 e. The number of hydrogen-bond donors (Lipinski definition) is 1. The first-order chi connectivity index (χ1) is 16.0. The fourth-order valence-electron chi connectivity index (χ4n) is 4.74. The molecule has 2 heterocycles. The Morgan fingerprint density at radius 2 is 1.82 bits per heavy atom. The van der Waals surface area contributed by atoms with Gasteiger partial charge < -0.3 is 10.2 Å². The molecule has 1 saturated heterocycles. The summed E-state index contributed by atoms with van der Waals surface area (Å²) in [5, 5.41) is 3.02. The summed E-state index contributed by atoms with van der Waals surface area (Å²) in [7, 11) is 0. The van der Waals surface area contributed by atoms with Crippen molar-refractivity contribution in [2.45, 2.75) is 33.1 Å². The van der Waals surface area contributed by atoms with Crippen molar-refractivity contribution in [2.75, 3.05) is 19.6 Å². The number of carbonyl (C=O) groups excluding carboxylic acids is 2. The van der Waals surface area contributed by atoms with Crippen molar-refractivity contribution in [1.29, 1.82) is 0 Å². The maximum atomic E-state index is 13.2. The van der Waals surface area contributed by atoms with Crippen molar-refractivity contribution in [1.82, 2.24) is 15.2 Å². The Morgan fingerprint density at radius 1 is 1.03 bits per heavy atom. The molecule has 33 heavy (non-hydrogen) atoms. The normalized spacial score (nSPS) is 17.7. The first kappa shape index (κ1) is 22.7. The van der Waals surface area contributed by atoms with E-state index >= 15 is 0 Å². The van der Waals surface area contributed by atoms with E-state index in [1.165, 1.54) is 0 Å². The molecule has 2 amide bonds. The summed E-state index contributed by atoms with van der Waals surface area (Å²) in [6, 6.07) is 20.3. The van der Waals surface area contributed by atoms with Gasteiger partial charge in [-0.15, -0.1) is 0 Å². The minimum absolute atomic E-state index is 0.0302. The highest BCUT2D eigenvalue weighted by molar-refractivity contribution is 5.86. The molecule has 0 radical (unpaired) electrons. The molecule has 1 N–H and O–H groups in total. The molecule has 0 saturated carbocycles. The van der Waals surface area contributed by atoms with Gasteiger partial charge in [0.05, 0.1) is 11.8 Å². The maximum absolute atomic E-state index is 13.2. The van der Waals surface area contributed by atoms with Crippen LogP contribution >= 0.6 is 0 Å². The third kappa shape index (κ3) is 5.30. The topological polar surface area (TPSA) is 62.3 Å². The lowest BCUT2D eigenvalue weighted by Crippen LogP contribution is -2.45. The van der Waals surface area contributed by atoms with Crippen LogP contribution in [0.3, 0.4) is 0 Å². The zero-order valence-electron chi connectivity index (χ0n) is 19.4. The number of amides is 2. The summed E-state index contributed by atoms with van der Waals surface area (Å²) < 4.78 is 0. The largest absolute Gasteiger partial charge is 0.356 e. The monoisotopic (exact) mass is 441 g/mol. The molecule has 1 fully saturated rings. The number of carbonyl (C=O) groups is 2. The van der Waals surface area contributed by atoms with Gasteiger partial charge in [0.2, 0.25) is 11.8 Å². The van der Waals surface area contributed by atoms with Crippen LogP contribution in [0, 0.1) is 12.3 Å². The molecule has 1 aliphatic rings. The molecule has 1 atom stereocenters. The fourth-order valence-corrected chi connectivity index (χ4v) is 4.74. The summed E-state index contributed by atoms with van der Waals surface area (Å²) in [4.78, 5) is 32.4. The number of likely N-dealkylation sites (tertiary alicyclic amines) is 1. The molecule has 1 aliphatic heterocycles. The van der Waals surface area contributed by atoms with E-state index in [2.05, 4.69) is 34.6 Å². The first-order valence-corrected chi connectivity index (χ1v) is 11.6. The summed E-state index contributed by atoms with van der Waals surface area (Å²) in [5.74, 6) is 0.110. The van der Waals surface area contributed by atoms with Gasteiger partial charge in [-0.1, -0.05) is 60.2 Å². The van der Waals surface area contributed by atoms with Crippen LogP contribution in [0.5, 0.6) is 0 Å². The van der Waals surface area contributed by atoms with E-state index in [0.717, 1.165) is 27.8 Å². The Balaban J connectivity index is 1.54. The van der Waals surface area contributed by atoms with Crippen LogP contribution in [0.1, 0.15) is 30.0 Å². The second-order valence-electron chi connectivity index (χ2n) is 8.99. The third-order valence-electron chi connectivity index (χ3n) is 6.43. The van der Waals surface area contributed by atoms with Crippen molar-refractivity contribution in [3.63, 3.8) is 0 Å². The summed E-state index contributed by atoms with van der Waals surface area (Å²) in [6.07, 6.45) is 5.23. The van der Waals surface area contributed by atoms with E-state index in [4.69, 9.17) is 0 Å². The molecule has 4 rings (SSSR count). The second kappa shape index (κ2) is 9.99. The highest BCUT2D eigenvalue weighted by Crippen LogP contribution is 2.36. The molecular formula is C28H31N3O2. The van der Waals surface area contributed by atoms with E-state index in [0.29, 0.717) is 38.9 Å². The van der Waals surface area contributed by atoms with Gasteiger partial charge in [0, 0.05) is 32.0 Å². The predicted molar refractivity (Wildman–Crippen MR) is 131 cm³/mol. The van der Waals surface area contributed by atoms with E-state index < -0.39 is 5.41 Å². The van der Waals surface area contributed by atoms with Crippen LogP contribution in [0.15, 0.2) is 73.1 Å². The third-order valence-corrected chi connectivity index (χ3v) is 6.43. The maximum Gasteiger partial charge on any atom is 0.228 e. The van der Waals surface area contributed by atoms with Gasteiger partial charge in [0.25, 0.3) is 0 Å². The van der Waals surface area contributed by atoms with Gasteiger partial charge in [0.1, 0.15) is 0 Å². The Labute approximate surface area is 195 Å². The summed E-state index contributed by atoms with van der Waals surface area (Å²) >= 11 is 0. The molecule has 5 nitrogen and oxygen atoms in total. The number of aryl methyl sites for hydroxylation is 1. The molecule has 1 unspecified atom stereocenters. The molecule has 5 heteroatoms. The number of aromatic nitrogens is 1. The van der Waals surface area contributed by atoms with Crippen LogP contribution in [0.4, 0.5) is 0 Å². The number of benzene rings is 2. The van der Waals surface area contributed by atoms with E-state index in [1.807, 2.05) is 61.3 Å². The van der Waals surface area contributed by atoms with E-state index in [9.17, 15) is 9.59 Å². The number of rotatable bonds is 7. The molecule has 1 aromatic heterocycles. The van der Waals surface area contributed by atoms with Gasteiger partial charge >= 0.3 is 0 Å². The molecule has 0 spiro atoms. The quantitative estimate of drug-likeness (QED) is 0.598. The first-order valence-electron chi connectivity index (χ1n) is 11.6. The summed E-state index contributed by atoms with van der Waals surface area (Å²) in [6.45, 7) is 5.59. The average molecular weight is 442 g/mol. The van der Waals surface area contributed by atoms with Crippen molar-refractivity contribution in [2.24, 2.45) is 5.41 Å². The SMILES string of the molecule is CCNC(=O)C1(Cc2cccc(-c3cccnc3)c2)CCN(C(=O)Cc2cccc(C)c2)C1. The average Bonchev–Trinajstić information content (AvgIpc) is 3.25. The van der Waals surface area contributed by atoms with Gasteiger partial charge in [0.15, 0.2) is 0 Å². The molecule has 170 valence electrons. The van der Waals surface area contributed by atoms with Crippen molar-refractivity contribution < 1.29 is 9.59 Å². The number of nitrogens with one attached hydrogen (secondary N) is 1. The summed E-state index contributed by atoms with van der Waals surface area (Å²) in [5.41, 5.74) is 4.76. The fraction of sp³-hybridized carbons (Fsp3) is 0.321. The van der Waals surface area contributed by atoms with Crippen molar-refractivity contribution >= 4 is 11.8 Å². The Morgan fingerprint density at radius 3 is 2.58 bits per heavy atom. The molecule has 0 bridgehead atoms. The Bertz CT molecular complexity index is 1130. The standard InChI is InChI=1S/C28H31N3O2/c1-3-30-27(33)28(18-23-9-5-10-24(16-23)25-11-6-13-29-19-25)12-14-31(20-28)26(32)17-22-8-4-7-21(2)15-22/h4-11,13,15-16,19H,3,12,14,17-18,20H2,1-2H3,(H,30,33). The number of pyridine rings is 1. The minimum atomic E-state index is -0.619. The van der Waals surface area contributed by atoms with Crippen LogP contribution in [-0.2, 0) is 22.4 Å². The highest BCUT2D eigenvalue weighted by atomic mass is 16.2. The van der Waals surface area contributed by atoms with Gasteiger partial charge in [-0.05, 0) is 55.0 Å². The van der Waals surface area contributed by atoms with Crippen molar-refractivity contribution in [3.8, 4) is 11.1 Å². The van der Waals surface area contributed by atoms with E-state index in [1.54, 1.807) is 6.20 Å².